The van der Waals surface area contributed by atoms with Crippen LogP contribution in [-0.2, 0) is 13.0 Å². The van der Waals surface area contributed by atoms with Crippen molar-refractivity contribution in [1.82, 2.24) is 14.8 Å². The van der Waals surface area contributed by atoms with E-state index in [1.807, 2.05) is 11.6 Å². The molecule has 4 heteroatoms. The van der Waals surface area contributed by atoms with Gasteiger partial charge in [0.15, 0.2) is 0 Å². The largest absolute Gasteiger partial charge is 0.393 e. The zero-order valence-electron chi connectivity index (χ0n) is 8.77. The third-order valence-electron chi connectivity index (χ3n) is 3.28. The van der Waals surface area contributed by atoms with Crippen LogP contribution < -0.4 is 0 Å². The van der Waals surface area contributed by atoms with Crippen molar-refractivity contribution in [3.8, 4) is 0 Å². The van der Waals surface area contributed by atoms with E-state index in [2.05, 4.69) is 17.0 Å². The highest BCUT2D eigenvalue weighted by atomic mass is 16.3. The molecule has 0 spiro atoms. The lowest BCUT2D eigenvalue weighted by molar-refractivity contribution is 0.108. The minimum absolute atomic E-state index is 0.0972. The Bertz CT molecular complexity index is 315. The first-order valence-corrected chi connectivity index (χ1v) is 5.23. The van der Waals surface area contributed by atoms with Crippen molar-refractivity contribution in [3.05, 3.63) is 12.2 Å². The molecule has 14 heavy (non-hydrogen) atoms. The number of hydrogen-bond donors (Lipinski definition) is 1. The highest BCUT2D eigenvalue weighted by molar-refractivity contribution is 5.04. The lowest BCUT2D eigenvalue weighted by Gasteiger charge is -2.17. The van der Waals surface area contributed by atoms with Crippen LogP contribution in [0.2, 0.25) is 0 Å². The molecule has 1 heterocycles. The van der Waals surface area contributed by atoms with Gasteiger partial charge in [0.25, 0.3) is 0 Å². The summed E-state index contributed by atoms with van der Waals surface area (Å²) in [4.78, 5) is 4.24. The molecule has 0 aromatic carbocycles. The summed E-state index contributed by atoms with van der Waals surface area (Å²) >= 11 is 0. The molecule has 0 saturated heterocycles. The van der Waals surface area contributed by atoms with E-state index in [1.165, 1.54) is 0 Å². The quantitative estimate of drug-likeness (QED) is 0.779. The Balaban J connectivity index is 2.11. The number of aliphatic hydroxyl groups excluding tert-OH is 1. The van der Waals surface area contributed by atoms with Crippen LogP contribution in [0.4, 0.5) is 0 Å². The summed E-state index contributed by atoms with van der Waals surface area (Å²) in [6.45, 7) is 4.78. The Morgan fingerprint density at radius 3 is 2.86 bits per heavy atom. The molecule has 0 amide bonds. The fourth-order valence-electron chi connectivity index (χ4n) is 1.91. The second-order valence-electron chi connectivity index (χ2n) is 4.21. The van der Waals surface area contributed by atoms with Crippen molar-refractivity contribution >= 4 is 0 Å². The number of hydrogen-bond acceptors (Lipinski definition) is 3. The van der Waals surface area contributed by atoms with Crippen molar-refractivity contribution in [2.45, 2.75) is 45.8 Å². The minimum Gasteiger partial charge on any atom is -0.393 e. The van der Waals surface area contributed by atoms with Crippen molar-refractivity contribution in [2.75, 3.05) is 0 Å². The maximum absolute atomic E-state index is 9.65. The van der Waals surface area contributed by atoms with Crippen molar-refractivity contribution in [1.29, 1.82) is 0 Å². The van der Waals surface area contributed by atoms with Gasteiger partial charge in [-0.05, 0) is 26.7 Å². The Labute approximate surface area is 84.0 Å². The van der Waals surface area contributed by atoms with E-state index in [-0.39, 0.29) is 11.5 Å². The molecular formula is C10H17N3O. The molecule has 1 fully saturated rings. The van der Waals surface area contributed by atoms with Gasteiger partial charge < -0.3 is 5.11 Å². The molecule has 4 nitrogen and oxygen atoms in total. The van der Waals surface area contributed by atoms with Crippen LogP contribution in [-0.4, -0.2) is 26.0 Å². The van der Waals surface area contributed by atoms with Gasteiger partial charge in [0.2, 0.25) is 0 Å². The zero-order valence-corrected chi connectivity index (χ0v) is 8.77. The highest BCUT2D eigenvalue weighted by Gasteiger charge is 2.47. The van der Waals surface area contributed by atoms with Crippen LogP contribution in [0.1, 0.15) is 32.5 Å². The number of rotatable bonds is 4. The van der Waals surface area contributed by atoms with Gasteiger partial charge in [0.1, 0.15) is 12.2 Å². The summed E-state index contributed by atoms with van der Waals surface area (Å²) in [6, 6.07) is 0. The van der Waals surface area contributed by atoms with Gasteiger partial charge in [0, 0.05) is 18.4 Å². The number of aromatic nitrogens is 3. The molecule has 1 unspecified atom stereocenters. The molecular weight excluding hydrogens is 178 g/mol. The van der Waals surface area contributed by atoms with Crippen LogP contribution in [0.15, 0.2) is 6.33 Å². The molecule has 1 atom stereocenters. The summed E-state index contributed by atoms with van der Waals surface area (Å²) in [6.07, 6.45) is 4.45. The Kier molecular flexibility index (Phi) is 2.31. The SMILES string of the molecule is CCn1ncnc1CC1(C(C)O)CC1. The molecule has 0 bridgehead atoms. The van der Waals surface area contributed by atoms with Crippen molar-refractivity contribution in [2.24, 2.45) is 5.41 Å². The maximum Gasteiger partial charge on any atom is 0.138 e. The van der Waals surface area contributed by atoms with Crippen LogP contribution in [0.25, 0.3) is 0 Å². The predicted octanol–water partition coefficient (Wildman–Crippen LogP) is 1.00. The van der Waals surface area contributed by atoms with Crippen LogP contribution in [0.3, 0.4) is 0 Å². The maximum atomic E-state index is 9.65. The normalized spacial score (nSPS) is 20.8. The van der Waals surface area contributed by atoms with Crippen molar-refractivity contribution in [3.63, 3.8) is 0 Å². The Morgan fingerprint density at radius 1 is 1.64 bits per heavy atom. The van der Waals surface area contributed by atoms with Gasteiger partial charge in [0.05, 0.1) is 6.10 Å². The summed E-state index contributed by atoms with van der Waals surface area (Å²) in [5, 5.41) is 13.8. The van der Waals surface area contributed by atoms with E-state index in [0.29, 0.717) is 0 Å². The van der Waals surface area contributed by atoms with Crippen molar-refractivity contribution < 1.29 is 5.11 Å². The van der Waals surface area contributed by atoms with Gasteiger partial charge in [-0.25, -0.2) is 4.98 Å². The predicted molar refractivity (Wildman–Crippen MR) is 52.7 cm³/mol. The molecule has 1 saturated carbocycles. The van der Waals surface area contributed by atoms with Crippen LogP contribution in [0, 0.1) is 5.41 Å². The minimum atomic E-state index is -0.232. The summed E-state index contributed by atoms with van der Waals surface area (Å²) in [7, 11) is 0. The molecule has 2 rings (SSSR count). The molecule has 0 aliphatic heterocycles. The number of aliphatic hydroxyl groups is 1. The first-order valence-electron chi connectivity index (χ1n) is 5.23. The molecule has 1 aliphatic carbocycles. The first kappa shape index (κ1) is 9.65. The van der Waals surface area contributed by atoms with Gasteiger partial charge in [-0.1, -0.05) is 0 Å². The first-order chi connectivity index (χ1) is 6.68. The molecule has 1 N–H and O–H groups in total. The lowest BCUT2D eigenvalue weighted by atomic mass is 9.96. The molecule has 0 radical (unpaired) electrons. The van der Waals surface area contributed by atoms with E-state index >= 15 is 0 Å². The molecule has 1 aromatic rings. The average molecular weight is 195 g/mol. The summed E-state index contributed by atoms with van der Waals surface area (Å²) in [5.41, 5.74) is 0.0972. The van der Waals surface area contributed by atoms with E-state index in [0.717, 1.165) is 31.6 Å². The van der Waals surface area contributed by atoms with E-state index in [4.69, 9.17) is 0 Å². The summed E-state index contributed by atoms with van der Waals surface area (Å²) in [5.74, 6) is 1.01. The van der Waals surface area contributed by atoms with E-state index in [9.17, 15) is 5.11 Å². The Hall–Kier alpha value is -0.900. The standard InChI is InChI=1S/C10H17N3O/c1-3-13-9(11-7-12-13)6-10(4-5-10)8(2)14/h7-8,14H,3-6H2,1-2H3. The third-order valence-corrected chi connectivity index (χ3v) is 3.28. The zero-order chi connectivity index (χ0) is 10.2. The van der Waals surface area contributed by atoms with Gasteiger partial charge in [-0.2, -0.15) is 5.10 Å². The van der Waals surface area contributed by atoms with E-state index in [1.54, 1.807) is 6.33 Å². The third kappa shape index (κ3) is 1.54. The second-order valence-corrected chi connectivity index (χ2v) is 4.21. The number of nitrogens with zero attached hydrogens (tertiary/aromatic N) is 3. The average Bonchev–Trinajstić information content (AvgIpc) is 2.79. The number of aryl methyl sites for hydroxylation is 1. The van der Waals surface area contributed by atoms with Gasteiger partial charge in [-0.15, -0.1) is 0 Å². The Morgan fingerprint density at radius 2 is 2.36 bits per heavy atom. The van der Waals surface area contributed by atoms with Crippen LogP contribution in [0.5, 0.6) is 0 Å². The monoisotopic (exact) mass is 195 g/mol. The molecule has 1 aliphatic rings. The van der Waals surface area contributed by atoms with Gasteiger partial charge >= 0.3 is 0 Å². The lowest BCUT2D eigenvalue weighted by Crippen LogP contribution is -2.22. The fraction of sp³-hybridized carbons (Fsp3) is 0.800. The molecule has 78 valence electrons. The molecule has 1 aromatic heterocycles. The summed E-state index contributed by atoms with van der Waals surface area (Å²) < 4.78 is 1.91. The van der Waals surface area contributed by atoms with Crippen LogP contribution >= 0.6 is 0 Å². The smallest absolute Gasteiger partial charge is 0.138 e. The fourth-order valence-corrected chi connectivity index (χ4v) is 1.91. The second kappa shape index (κ2) is 3.35. The highest BCUT2D eigenvalue weighted by Crippen LogP contribution is 2.50. The van der Waals surface area contributed by atoms with Gasteiger partial charge in [-0.3, -0.25) is 4.68 Å². The van der Waals surface area contributed by atoms with E-state index < -0.39 is 0 Å². The topological polar surface area (TPSA) is 50.9 Å².